The summed E-state index contributed by atoms with van der Waals surface area (Å²) in [7, 11) is -3.08. The Morgan fingerprint density at radius 3 is 2.45 bits per heavy atom. The number of hydrogen-bond acceptors (Lipinski definition) is 6. The highest BCUT2D eigenvalue weighted by molar-refractivity contribution is 7.88. The number of aryl methyl sites for hydroxylation is 1. The summed E-state index contributed by atoms with van der Waals surface area (Å²) in [5.74, 6) is 0. The van der Waals surface area contributed by atoms with E-state index in [4.69, 9.17) is 5.73 Å². The van der Waals surface area contributed by atoms with E-state index in [0.29, 0.717) is 32.7 Å². The zero-order chi connectivity index (χ0) is 14.8. The molecule has 1 aromatic heterocycles. The van der Waals surface area contributed by atoms with Gasteiger partial charge in [-0.05, 0) is 6.42 Å². The molecule has 0 unspecified atom stereocenters. The molecule has 2 rings (SSSR count). The average molecular weight is 318 g/mol. The smallest absolute Gasteiger partial charge is 0.211 e. The number of nitrogens with two attached hydrogens (primary N) is 1. The van der Waals surface area contributed by atoms with Crippen LogP contribution in [0, 0.1) is 0 Å². The minimum Gasteiger partial charge on any atom is -0.345 e. The lowest BCUT2D eigenvalue weighted by molar-refractivity contribution is 0.388. The van der Waals surface area contributed by atoms with Crippen molar-refractivity contribution in [3.05, 3.63) is 10.6 Å². The van der Waals surface area contributed by atoms with Gasteiger partial charge in [0.15, 0.2) is 5.13 Å². The lowest BCUT2D eigenvalue weighted by atomic mass is 10.2. The monoisotopic (exact) mass is 318 g/mol. The molecule has 0 radical (unpaired) electrons. The maximum Gasteiger partial charge on any atom is 0.211 e. The predicted molar refractivity (Wildman–Crippen MR) is 82.6 cm³/mol. The molecule has 0 saturated carbocycles. The maximum atomic E-state index is 11.5. The fourth-order valence-corrected chi connectivity index (χ4v) is 4.17. The van der Waals surface area contributed by atoms with E-state index in [0.717, 1.165) is 28.5 Å². The van der Waals surface area contributed by atoms with Gasteiger partial charge in [-0.2, -0.15) is 4.31 Å². The van der Waals surface area contributed by atoms with Gasteiger partial charge in [-0.15, -0.1) is 11.3 Å². The molecule has 2 N–H and O–H groups in total. The molecular formula is C12H22N4O2S2. The van der Waals surface area contributed by atoms with Crippen LogP contribution in [0.25, 0.3) is 0 Å². The first-order valence-corrected chi connectivity index (χ1v) is 9.51. The number of piperazine rings is 1. The number of anilines is 1. The Kier molecular flexibility index (Phi) is 5.00. The molecule has 0 aliphatic carbocycles. The van der Waals surface area contributed by atoms with Crippen molar-refractivity contribution in [3.63, 3.8) is 0 Å². The van der Waals surface area contributed by atoms with Gasteiger partial charge in [0, 0.05) is 37.6 Å². The molecular weight excluding hydrogens is 296 g/mol. The molecule has 0 amide bonds. The molecule has 114 valence electrons. The van der Waals surface area contributed by atoms with Gasteiger partial charge in [0.25, 0.3) is 0 Å². The molecule has 0 atom stereocenters. The summed E-state index contributed by atoms with van der Waals surface area (Å²) in [6.07, 6.45) is 3.27. The van der Waals surface area contributed by atoms with Crippen LogP contribution < -0.4 is 10.6 Å². The van der Waals surface area contributed by atoms with Crippen molar-refractivity contribution >= 4 is 26.5 Å². The summed E-state index contributed by atoms with van der Waals surface area (Å²) in [5.41, 5.74) is 6.87. The topological polar surface area (TPSA) is 79.5 Å². The van der Waals surface area contributed by atoms with Gasteiger partial charge in [0.2, 0.25) is 10.0 Å². The fraction of sp³-hybridized carbons (Fsp3) is 0.750. The van der Waals surface area contributed by atoms with Gasteiger partial charge < -0.3 is 10.6 Å². The van der Waals surface area contributed by atoms with Crippen molar-refractivity contribution in [2.45, 2.75) is 26.3 Å². The predicted octanol–water partition coefficient (Wildman–Crippen LogP) is 0.636. The highest BCUT2D eigenvalue weighted by Crippen LogP contribution is 2.28. The number of hydrogen-bond donors (Lipinski definition) is 1. The van der Waals surface area contributed by atoms with E-state index in [-0.39, 0.29) is 0 Å². The Balaban J connectivity index is 2.07. The standard InChI is InChI=1S/C12H22N4O2S2/c1-3-4-10-11(9-13)19-12(14-10)15-5-7-16(8-6-15)20(2,17)18/h3-9,13H2,1-2H3. The summed E-state index contributed by atoms with van der Waals surface area (Å²) in [4.78, 5) is 7.98. The third-order valence-electron chi connectivity index (χ3n) is 3.42. The normalized spacial score (nSPS) is 17.6. The molecule has 1 aromatic rings. The van der Waals surface area contributed by atoms with E-state index in [1.807, 2.05) is 0 Å². The van der Waals surface area contributed by atoms with Crippen molar-refractivity contribution in [2.75, 3.05) is 37.3 Å². The molecule has 20 heavy (non-hydrogen) atoms. The highest BCUT2D eigenvalue weighted by atomic mass is 32.2. The SMILES string of the molecule is CCCc1nc(N2CCN(S(C)(=O)=O)CC2)sc1CN. The van der Waals surface area contributed by atoms with E-state index in [1.54, 1.807) is 11.3 Å². The highest BCUT2D eigenvalue weighted by Gasteiger charge is 2.25. The molecule has 1 saturated heterocycles. The first kappa shape index (κ1) is 15.7. The van der Waals surface area contributed by atoms with E-state index < -0.39 is 10.0 Å². The lowest BCUT2D eigenvalue weighted by Gasteiger charge is -2.32. The van der Waals surface area contributed by atoms with E-state index in [1.165, 1.54) is 10.6 Å². The van der Waals surface area contributed by atoms with Crippen LogP contribution in [0.5, 0.6) is 0 Å². The first-order chi connectivity index (χ1) is 9.45. The largest absolute Gasteiger partial charge is 0.345 e. The average Bonchev–Trinajstić information content (AvgIpc) is 2.81. The molecule has 8 heteroatoms. The quantitative estimate of drug-likeness (QED) is 0.861. The van der Waals surface area contributed by atoms with Crippen LogP contribution >= 0.6 is 11.3 Å². The van der Waals surface area contributed by atoms with Gasteiger partial charge in [-0.1, -0.05) is 13.3 Å². The molecule has 1 fully saturated rings. The van der Waals surface area contributed by atoms with Crippen molar-refractivity contribution in [2.24, 2.45) is 5.73 Å². The Bertz CT molecular complexity index is 548. The number of nitrogens with zero attached hydrogens (tertiary/aromatic N) is 3. The molecule has 0 aromatic carbocycles. The second-order valence-corrected chi connectivity index (χ2v) is 8.01. The van der Waals surface area contributed by atoms with Crippen molar-refractivity contribution in [3.8, 4) is 0 Å². The Morgan fingerprint density at radius 1 is 1.30 bits per heavy atom. The molecule has 2 heterocycles. The zero-order valence-electron chi connectivity index (χ0n) is 12.0. The second-order valence-electron chi connectivity index (χ2n) is 4.97. The van der Waals surface area contributed by atoms with E-state index >= 15 is 0 Å². The van der Waals surface area contributed by atoms with E-state index in [9.17, 15) is 8.42 Å². The minimum atomic E-state index is -3.08. The second kappa shape index (κ2) is 6.38. The van der Waals surface area contributed by atoms with Crippen LogP contribution in [0.2, 0.25) is 0 Å². The van der Waals surface area contributed by atoms with Gasteiger partial charge in [-0.25, -0.2) is 13.4 Å². The zero-order valence-corrected chi connectivity index (χ0v) is 13.6. The van der Waals surface area contributed by atoms with Crippen LogP contribution in [0.15, 0.2) is 0 Å². The third-order valence-corrected chi connectivity index (χ3v) is 5.90. The van der Waals surface area contributed by atoms with Crippen LogP contribution in [0.3, 0.4) is 0 Å². The van der Waals surface area contributed by atoms with Gasteiger partial charge >= 0.3 is 0 Å². The summed E-state index contributed by atoms with van der Waals surface area (Å²) < 4.78 is 24.5. The molecule has 6 nitrogen and oxygen atoms in total. The third kappa shape index (κ3) is 3.49. The van der Waals surface area contributed by atoms with Crippen molar-refractivity contribution in [1.82, 2.24) is 9.29 Å². The molecule has 1 aliphatic rings. The molecule has 0 spiro atoms. The van der Waals surface area contributed by atoms with Gasteiger partial charge in [-0.3, -0.25) is 0 Å². The van der Waals surface area contributed by atoms with Crippen LogP contribution in [0.4, 0.5) is 5.13 Å². The Labute approximate surface area is 124 Å². The summed E-state index contributed by atoms with van der Waals surface area (Å²) >= 11 is 1.64. The first-order valence-electron chi connectivity index (χ1n) is 6.84. The Morgan fingerprint density at radius 2 is 1.95 bits per heavy atom. The summed E-state index contributed by atoms with van der Waals surface area (Å²) in [6.45, 7) is 5.09. The molecule has 0 bridgehead atoms. The fourth-order valence-electron chi connectivity index (χ4n) is 2.31. The number of thiazole rings is 1. The number of aromatic nitrogens is 1. The maximum absolute atomic E-state index is 11.5. The van der Waals surface area contributed by atoms with Crippen molar-refractivity contribution in [1.29, 1.82) is 0 Å². The van der Waals surface area contributed by atoms with Gasteiger partial charge in [0.1, 0.15) is 0 Å². The van der Waals surface area contributed by atoms with Gasteiger partial charge in [0.05, 0.1) is 11.9 Å². The van der Waals surface area contributed by atoms with E-state index in [2.05, 4.69) is 16.8 Å². The molecule has 1 aliphatic heterocycles. The number of rotatable bonds is 5. The van der Waals surface area contributed by atoms with Crippen LogP contribution in [0.1, 0.15) is 23.9 Å². The minimum absolute atomic E-state index is 0.524. The van der Waals surface area contributed by atoms with Crippen molar-refractivity contribution < 1.29 is 8.42 Å². The lowest BCUT2D eigenvalue weighted by Crippen LogP contribution is -2.48. The van der Waals surface area contributed by atoms with Crippen LogP contribution in [-0.2, 0) is 23.0 Å². The Hall–Kier alpha value is -0.700. The van der Waals surface area contributed by atoms with Crippen LogP contribution in [-0.4, -0.2) is 50.1 Å². The summed E-state index contributed by atoms with van der Waals surface area (Å²) in [6, 6.07) is 0. The number of sulfonamides is 1. The summed E-state index contributed by atoms with van der Waals surface area (Å²) in [5, 5.41) is 0.974.